The molecule has 0 atom stereocenters. The summed E-state index contributed by atoms with van der Waals surface area (Å²) in [6.07, 6.45) is 4.04. The number of aromatic nitrogens is 4. The molecule has 5 heterocycles. The predicted octanol–water partition coefficient (Wildman–Crippen LogP) is 3.58. The number of Topliss-reactive ketones (excluding diaryl/α,β-unsaturated/α-hetero) is 1. The molecule has 218 valence electrons. The first-order valence-electron chi connectivity index (χ1n) is 13.9. The van der Waals surface area contributed by atoms with E-state index in [-0.39, 0.29) is 28.8 Å². The van der Waals surface area contributed by atoms with Crippen LogP contribution in [0.25, 0.3) is 16.6 Å². The van der Waals surface area contributed by atoms with Crippen LogP contribution in [0, 0.1) is 13.8 Å². The molecule has 0 bridgehead atoms. The smallest absolute Gasteiger partial charge is 0.320 e. The SMILES string of the molecule is Cc1[nH]nc(C(=O)Cc2cnc3c(c2)cc(C2=CCN(C(=O)N4CCOCC4)CC2)n3S(=O)(=O)c2ccccc2)c1C. The first-order valence-corrected chi connectivity index (χ1v) is 15.3. The number of morpholine rings is 1. The number of rotatable bonds is 6. The summed E-state index contributed by atoms with van der Waals surface area (Å²) >= 11 is 0. The molecule has 3 aromatic heterocycles. The Morgan fingerprint density at radius 3 is 2.45 bits per heavy atom. The lowest BCUT2D eigenvalue weighted by molar-refractivity contribution is 0.0441. The zero-order valence-electron chi connectivity index (χ0n) is 23.5. The lowest BCUT2D eigenvalue weighted by atomic mass is 10.0. The van der Waals surface area contributed by atoms with Gasteiger partial charge in [-0.3, -0.25) is 9.89 Å². The molecule has 6 rings (SSSR count). The molecule has 2 aliphatic rings. The Kier molecular flexibility index (Phi) is 7.42. The number of fused-ring (bicyclic) bond motifs is 1. The third kappa shape index (κ3) is 5.12. The number of pyridine rings is 1. The molecule has 0 unspecified atom stereocenters. The van der Waals surface area contributed by atoms with Crippen LogP contribution >= 0.6 is 0 Å². The fourth-order valence-corrected chi connectivity index (χ4v) is 6.95. The Morgan fingerprint density at radius 2 is 1.79 bits per heavy atom. The molecule has 1 aromatic carbocycles. The number of ketones is 1. The van der Waals surface area contributed by atoms with Crippen LogP contribution < -0.4 is 0 Å². The van der Waals surface area contributed by atoms with Crippen LogP contribution in [0.5, 0.6) is 0 Å². The van der Waals surface area contributed by atoms with Crippen molar-refractivity contribution in [3.05, 3.63) is 82.9 Å². The molecule has 2 amide bonds. The highest BCUT2D eigenvalue weighted by Gasteiger charge is 2.29. The molecule has 1 fully saturated rings. The van der Waals surface area contributed by atoms with Gasteiger partial charge in [-0.1, -0.05) is 24.3 Å². The molecule has 1 saturated heterocycles. The van der Waals surface area contributed by atoms with Crippen LogP contribution in [0.1, 0.15) is 39.4 Å². The van der Waals surface area contributed by atoms with Crippen molar-refractivity contribution < 1.29 is 22.7 Å². The number of hydrogen-bond donors (Lipinski definition) is 1. The second-order valence-electron chi connectivity index (χ2n) is 10.6. The number of carbonyl (C=O) groups is 2. The Balaban J connectivity index is 1.36. The minimum Gasteiger partial charge on any atom is -0.378 e. The van der Waals surface area contributed by atoms with Gasteiger partial charge in [-0.15, -0.1) is 0 Å². The highest BCUT2D eigenvalue weighted by molar-refractivity contribution is 7.90. The summed E-state index contributed by atoms with van der Waals surface area (Å²) < 4.78 is 34.6. The maximum atomic E-state index is 14.0. The van der Waals surface area contributed by atoms with Gasteiger partial charge in [0.25, 0.3) is 10.0 Å². The number of carbonyl (C=O) groups excluding carboxylic acids is 2. The lowest BCUT2D eigenvalue weighted by Crippen LogP contribution is -2.49. The molecule has 2 aliphatic heterocycles. The van der Waals surface area contributed by atoms with Gasteiger partial charge in [0.05, 0.1) is 23.8 Å². The molecule has 0 aliphatic carbocycles. The molecule has 0 radical (unpaired) electrons. The summed E-state index contributed by atoms with van der Waals surface area (Å²) in [5, 5.41) is 7.60. The molecule has 42 heavy (non-hydrogen) atoms. The second-order valence-corrected chi connectivity index (χ2v) is 12.4. The average Bonchev–Trinajstić information content (AvgIpc) is 3.57. The number of benzene rings is 1. The van der Waals surface area contributed by atoms with E-state index in [1.807, 2.05) is 32.1 Å². The summed E-state index contributed by atoms with van der Waals surface area (Å²) in [4.78, 5) is 34.3. The van der Waals surface area contributed by atoms with Gasteiger partial charge in [0.2, 0.25) is 0 Å². The predicted molar refractivity (Wildman–Crippen MR) is 157 cm³/mol. The molecule has 12 heteroatoms. The molecule has 0 spiro atoms. The van der Waals surface area contributed by atoms with E-state index in [0.29, 0.717) is 68.2 Å². The van der Waals surface area contributed by atoms with Gasteiger partial charge in [0.15, 0.2) is 11.4 Å². The summed E-state index contributed by atoms with van der Waals surface area (Å²) in [6, 6.07) is 11.8. The van der Waals surface area contributed by atoms with Crippen molar-refractivity contribution in [1.29, 1.82) is 0 Å². The Labute approximate surface area is 243 Å². The average molecular weight is 589 g/mol. The van der Waals surface area contributed by atoms with Crippen LogP contribution in [0.4, 0.5) is 4.79 Å². The Morgan fingerprint density at radius 1 is 1.02 bits per heavy atom. The largest absolute Gasteiger partial charge is 0.378 e. The van der Waals surface area contributed by atoms with E-state index in [2.05, 4.69) is 15.2 Å². The summed E-state index contributed by atoms with van der Waals surface area (Å²) in [5.74, 6) is -0.144. The fraction of sp³-hybridized carbons (Fsp3) is 0.333. The van der Waals surface area contributed by atoms with E-state index in [4.69, 9.17) is 4.74 Å². The molecule has 11 nitrogen and oxygen atoms in total. The van der Waals surface area contributed by atoms with Gasteiger partial charge in [-0.2, -0.15) is 5.10 Å². The monoisotopic (exact) mass is 588 g/mol. The number of H-pyrrole nitrogens is 1. The van der Waals surface area contributed by atoms with Crippen molar-refractivity contribution >= 4 is 38.4 Å². The second kappa shape index (κ2) is 11.2. The number of aromatic amines is 1. The van der Waals surface area contributed by atoms with Crippen molar-refractivity contribution in [3.8, 4) is 0 Å². The van der Waals surface area contributed by atoms with Gasteiger partial charge in [0, 0.05) is 55.4 Å². The van der Waals surface area contributed by atoms with Crippen molar-refractivity contribution in [2.45, 2.75) is 31.6 Å². The molecular weight excluding hydrogens is 556 g/mol. The highest BCUT2D eigenvalue weighted by Crippen LogP contribution is 2.32. The van der Waals surface area contributed by atoms with Crippen molar-refractivity contribution in [3.63, 3.8) is 0 Å². The van der Waals surface area contributed by atoms with E-state index < -0.39 is 10.0 Å². The molecule has 1 N–H and O–H groups in total. The number of hydrogen-bond acceptors (Lipinski definition) is 7. The summed E-state index contributed by atoms with van der Waals surface area (Å²) in [7, 11) is -4.00. The van der Waals surface area contributed by atoms with E-state index in [9.17, 15) is 18.0 Å². The minimum atomic E-state index is -4.00. The van der Waals surface area contributed by atoms with Crippen LogP contribution in [-0.2, 0) is 21.2 Å². The normalized spacial score (nSPS) is 16.1. The van der Waals surface area contributed by atoms with Gasteiger partial charge in [-0.25, -0.2) is 22.2 Å². The van der Waals surface area contributed by atoms with E-state index in [0.717, 1.165) is 16.8 Å². The lowest BCUT2D eigenvalue weighted by Gasteiger charge is -2.34. The number of aryl methyl sites for hydroxylation is 1. The Hall–Kier alpha value is -4.29. The van der Waals surface area contributed by atoms with Crippen LogP contribution in [0.15, 0.2) is 59.6 Å². The topological polar surface area (TPSA) is 130 Å². The van der Waals surface area contributed by atoms with Crippen molar-refractivity contribution in [2.24, 2.45) is 0 Å². The Bertz CT molecular complexity index is 1800. The van der Waals surface area contributed by atoms with Gasteiger partial charge >= 0.3 is 6.03 Å². The number of amides is 2. The van der Waals surface area contributed by atoms with E-state index in [1.165, 1.54) is 3.97 Å². The minimum absolute atomic E-state index is 0.0376. The van der Waals surface area contributed by atoms with Crippen molar-refractivity contribution in [2.75, 3.05) is 39.4 Å². The maximum absolute atomic E-state index is 14.0. The molecule has 4 aromatic rings. The maximum Gasteiger partial charge on any atom is 0.320 e. The molecule has 0 saturated carbocycles. The van der Waals surface area contributed by atoms with Gasteiger partial charge < -0.3 is 14.5 Å². The van der Waals surface area contributed by atoms with E-state index >= 15 is 0 Å². The fourth-order valence-electron chi connectivity index (χ4n) is 5.43. The van der Waals surface area contributed by atoms with Gasteiger partial charge in [0.1, 0.15) is 5.69 Å². The number of nitrogens with one attached hydrogen (secondary N) is 1. The zero-order chi connectivity index (χ0) is 29.4. The van der Waals surface area contributed by atoms with Crippen LogP contribution in [0.3, 0.4) is 0 Å². The summed E-state index contributed by atoms with van der Waals surface area (Å²) in [6.45, 7) is 6.72. The first-order chi connectivity index (χ1) is 20.2. The quantitative estimate of drug-likeness (QED) is 0.341. The first kappa shape index (κ1) is 27.9. The number of ether oxygens (including phenoxy) is 1. The number of urea groups is 1. The third-order valence-corrected chi connectivity index (χ3v) is 9.63. The van der Waals surface area contributed by atoms with Crippen LogP contribution in [-0.4, -0.2) is 88.6 Å². The number of nitrogens with zero attached hydrogens (tertiary/aromatic N) is 5. The summed E-state index contributed by atoms with van der Waals surface area (Å²) in [5.41, 5.74) is 4.30. The van der Waals surface area contributed by atoms with Gasteiger partial charge in [-0.05, 0) is 55.7 Å². The standard InChI is InChI=1S/C30H32N6O5S/c1-20-21(2)32-33-28(20)27(37)17-22-16-24-18-26(23-8-10-34(11-9-23)30(38)35-12-14-41-15-13-35)36(29(24)31-19-22)42(39,40)25-6-4-3-5-7-25/h3-8,16,18-19H,9-15,17H2,1-2H3,(H,32,33). The third-order valence-electron chi connectivity index (χ3n) is 7.91. The van der Waals surface area contributed by atoms with Crippen molar-refractivity contribution in [1.82, 2.24) is 29.0 Å². The van der Waals surface area contributed by atoms with E-state index in [1.54, 1.807) is 46.3 Å². The zero-order valence-corrected chi connectivity index (χ0v) is 24.4. The molecular formula is C30H32N6O5S. The highest BCUT2D eigenvalue weighted by atomic mass is 32.2. The van der Waals surface area contributed by atoms with Crippen LogP contribution in [0.2, 0.25) is 0 Å².